The molecule has 0 radical (unpaired) electrons. The Bertz CT molecular complexity index is 717. The van der Waals surface area contributed by atoms with Gasteiger partial charge in [0.05, 0.1) is 19.3 Å². The number of pyridine rings is 1. The topological polar surface area (TPSA) is 46.6 Å². The van der Waals surface area contributed by atoms with Gasteiger partial charge in [-0.2, -0.15) is 0 Å². The summed E-state index contributed by atoms with van der Waals surface area (Å²) >= 11 is 0. The lowest BCUT2D eigenvalue weighted by atomic mass is 10.1. The number of anilines is 1. The predicted molar refractivity (Wildman–Crippen MR) is 98.0 cm³/mol. The highest BCUT2D eigenvalue weighted by Crippen LogP contribution is 2.25. The fourth-order valence-corrected chi connectivity index (χ4v) is 3.44. The fraction of sp³-hybridized carbons (Fsp3) is 0.450. The van der Waals surface area contributed by atoms with Crippen LogP contribution >= 0.6 is 0 Å². The van der Waals surface area contributed by atoms with Gasteiger partial charge in [-0.15, -0.1) is 0 Å². The highest BCUT2D eigenvalue weighted by Gasteiger charge is 2.17. The molecule has 132 valence electrons. The van der Waals surface area contributed by atoms with Crippen LogP contribution in [0.15, 0.2) is 36.5 Å². The summed E-state index contributed by atoms with van der Waals surface area (Å²) in [5.41, 5.74) is 3.83. The van der Waals surface area contributed by atoms with Gasteiger partial charge in [0.1, 0.15) is 11.6 Å². The molecule has 1 aromatic heterocycles. The maximum absolute atomic E-state index is 5.59. The zero-order chi connectivity index (χ0) is 17.1. The van der Waals surface area contributed by atoms with E-state index in [1.54, 1.807) is 0 Å². The van der Waals surface area contributed by atoms with E-state index in [4.69, 9.17) is 9.47 Å². The molecule has 0 aliphatic carbocycles. The minimum atomic E-state index is 0.273. The maximum atomic E-state index is 5.59. The van der Waals surface area contributed by atoms with Crippen molar-refractivity contribution in [1.29, 1.82) is 0 Å². The number of morpholine rings is 1. The lowest BCUT2D eigenvalue weighted by Gasteiger charge is -2.32. The highest BCUT2D eigenvalue weighted by molar-refractivity contribution is 5.41. The van der Waals surface area contributed by atoms with Crippen LogP contribution in [0.1, 0.15) is 23.6 Å². The molecule has 2 aliphatic rings. The number of aromatic nitrogens is 1. The van der Waals surface area contributed by atoms with Gasteiger partial charge in [0.25, 0.3) is 0 Å². The summed E-state index contributed by atoms with van der Waals surface area (Å²) in [6.07, 6.45) is 3.27. The van der Waals surface area contributed by atoms with E-state index in [1.165, 1.54) is 16.7 Å². The van der Waals surface area contributed by atoms with Crippen LogP contribution in [0.25, 0.3) is 0 Å². The SMILES string of the molecule is CC1CN(c2ccc(CNCc3ccc4c(c3)CCO4)cn2)CCO1. The van der Waals surface area contributed by atoms with Crippen molar-refractivity contribution >= 4 is 5.82 Å². The number of fused-ring (bicyclic) bond motifs is 1. The number of nitrogens with one attached hydrogen (secondary N) is 1. The molecule has 0 amide bonds. The normalized spacial score (nSPS) is 19.6. The van der Waals surface area contributed by atoms with Crippen molar-refractivity contribution in [3.05, 3.63) is 53.2 Å². The van der Waals surface area contributed by atoms with Crippen molar-refractivity contribution < 1.29 is 9.47 Å². The summed E-state index contributed by atoms with van der Waals surface area (Å²) in [5, 5.41) is 3.50. The van der Waals surface area contributed by atoms with Gasteiger partial charge < -0.3 is 19.7 Å². The van der Waals surface area contributed by atoms with Gasteiger partial charge in [0, 0.05) is 38.8 Å². The van der Waals surface area contributed by atoms with E-state index in [0.29, 0.717) is 0 Å². The Morgan fingerprint density at radius 2 is 2.04 bits per heavy atom. The van der Waals surface area contributed by atoms with Crippen molar-refractivity contribution in [3.8, 4) is 5.75 Å². The zero-order valence-corrected chi connectivity index (χ0v) is 14.7. The molecular weight excluding hydrogens is 314 g/mol. The molecule has 0 saturated carbocycles. The van der Waals surface area contributed by atoms with Crippen LogP contribution in [0.3, 0.4) is 0 Å². The molecule has 3 heterocycles. The van der Waals surface area contributed by atoms with E-state index in [9.17, 15) is 0 Å². The van der Waals surface area contributed by atoms with Crippen LogP contribution in [-0.2, 0) is 24.2 Å². The van der Waals surface area contributed by atoms with E-state index < -0.39 is 0 Å². The lowest BCUT2D eigenvalue weighted by Crippen LogP contribution is -2.41. The summed E-state index contributed by atoms with van der Waals surface area (Å²) in [6, 6.07) is 10.7. The molecule has 1 atom stereocenters. The summed E-state index contributed by atoms with van der Waals surface area (Å²) in [6.45, 7) is 7.19. The Labute approximate surface area is 149 Å². The van der Waals surface area contributed by atoms with Gasteiger partial charge in [0.15, 0.2) is 0 Å². The molecule has 2 aliphatic heterocycles. The molecule has 0 bridgehead atoms. The Morgan fingerprint density at radius 3 is 2.88 bits per heavy atom. The predicted octanol–water partition coefficient (Wildman–Crippen LogP) is 2.53. The monoisotopic (exact) mass is 339 g/mol. The van der Waals surface area contributed by atoms with Crippen molar-refractivity contribution in [2.75, 3.05) is 31.2 Å². The van der Waals surface area contributed by atoms with Crippen LogP contribution in [0.2, 0.25) is 0 Å². The number of hydrogen-bond donors (Lipinski definition) is 1. The standard InChI is InChI=1S/C20H25N3O2/c1-15-14-23(7-9-24-15)20-5-3-17(13-22-20)12-21-11-16-2-4-19-18(10-16)6-8-25-19/h2-5,10,13,15,21H,6-9,11-12,14H2,1H3. The van der Waals surface area contributed by atoms with Gasteiger partial charge in [-0.3, -0.25) is 0 Å². The highest BCUT2D eigenvalue weighted by atomic mass is 16.5. The molecule has 1 fully saturated rings. The number of rotatable bonds is 5. The molecule has 1 saturated heterocycles. The number of nitrogens with zero attached hydrogens (tertiary/aromatic N) is 2. The van der Waals surface area contributed by atoms with Gasteiger partial charge in [-0.05, 0) is 35.7 Å². The smallest absolute Gasteiger partial charge is 0.128 e. The van der Waals surface area contributed by atoms with E-state index in [0.717, 1.165) is 57.4 Å². The summed E-state index contributed by atoms with van der Waals surface area (Å²) in [5.74, 6) is 2.08. The zero-order valence-electron chi connectivity index (χ0n) is 14.7. The van der Waals surface area contributed by atoms with E-state index in [2.05, 4.69) is 52.5 Å². The van der Waals surface area contributed by atoms with Crippen LogP contribution < -0.4 is 15.0 Å². The van der Waals surface area contributed by atoms with Gasteiger partial charge in [0.2, 0.25) is 0 Å². The third kappa shape index (κ3) is 3.94. The first kappa shape index (κ1) is 16.4. The fourth-order valence-electron chi connectivity index (χ4n) is 3.44. The first-order valence-corrected chi connectivity index (χ1v) is 9.05. The molecular formula is C20H25N3O2. The second kappa shape index (κ2) is 7.42. The van der Waals surface area contributed by atoms with Crippen molar-refractivity contribution in [2.24, 2.45) is 0 Å². The summed E-state index contributed by atoms with van der Waals surface area (Å²) in [4.78, 5) is 6.91. The average molecular weight is 339 g/mol. The van der Waals surface area contributed by atoms with Gasteiger partial charge in [-0.25, -0.2) is 4.98 Å². The van der Waals surface area contributed by atoms with Crippen LogP contribution in [-0.4, -0.2) is 37.4 Å². The van der Waals surface area contributed by atoms with Crippen molar-refractivity contribution in [1.82, 2.24) is 10.3 Å². The summed E-state index contributed by atoms with van der Waals surface area (Å²) in [7, 11) is 0. The Hall–Kier alpha value is -2.11. The lowest BCUT2D eigenvalue weighted by molar-refractivity contribution is 0.0529. The third-order valence-corrected chi connectivity index (χ3v) is 4.79. The molecule has 4 rings (SSSR count). The van der Waals surface area contributed by atoms with Crippen LogP contribution in [0, 0.1) is 0 Å². The molecule has 2 aromatic rings. The molecule has 1 aromatic carbocycles. The number of hydrogen-bond acceptors (Lipinski definition) is 5. The van der Waals surface area contributed by atoms with Crippen LogP contribution in [0.5, 0.6) is 5.75 Å². The first-order chi connectivity index (χ1) is 12.3. The second-order valence-electron chi connectivity index (χ2n) is 6.80. The van der Waals surface area contributed by atoms with Gasteiger partial charge in [-0.1, -0.05) is 18.2 Å². The second-order valence-corrected chi connectivity index (χ2v) is 6.80. The number of benzene rings is 1. The molecule has 5 heteroatoms. The largest absolute Gasteiger partial charge is 0.493 e. The van der Waals surface area contributed by atoms with E-state index in [-0.39, 0.29) is 6.10 Å². The molecule has 5 nitrogen and oxygen atoms in total. The number of ether oxygens (including phenoxy) is 2. The molecule has 25 heavy (non-hydrogen) atoms. The van der Waals surface area contributed by atoms with E-state index >= 15 is 0 Å². The minimum Gasteiger partial charge on any atom is -0.493 e. The average Bonchev–Trinajstić information content (AvgIpc) is 3.10. The third-order valence-electron chi connectivity index (χ3n) is 4.79. The minimum absolute atomic E-state index is 0.273. The quantitative estimate of drug-likeness (QED) is 0.907. The Kier molecular flexibility index (Phi) is 4.85. The Morgan fingerprint density at radius 1 is 1.16 bits per heavy atom. The summed E-state index contributed by atoms with van der Waals surface area (Å²) < 4.78 is 11.1. The molecule has 0 spiro atoms. The maximum Gasteiger partial charge on any atom is 0.128 e. The molecule has 1 N–H and O–H groups in total. The first-order valence-electron chi connectivity index (χ1n) is 9.05. The van der Waals surface area contributed by atoms with Crippen molar-refractivity contribution in [2.45, 2.75) is 32.5 Å². The van der Waals surface area contributed by atoms with E-state index in [1.807, 2.05) is 6.20 Å². The Balaban J connectivity index is 1.29. The van der Waals surface area contributed by atoms with Crippen LogP contribution in [0.4, 0.5) is 5.82 Å². The molecule has 1 unspecified atom stereocenters. The van der Waals surface area contributed by atoms with Crippen molar-refractivity contribution in [3.63, 3.8) is 0 Å². The van der Waals surface area contributed by atoms with Gasteiger partial charge >= 0.3 is 0 Å².